The van der Waals surface area contributed by atoms with Gasteiger partial charge in [-0.2, -0.15) is 5.10 Å². The van der Waals surface area contributed by atoms with Crippen LogP contribution in [0.2, 0.25) is 0 Å². The third-order valence-corrected chi connectivity index (χ3v) is 3.41. The number of anilines is 1. The van der Waals surface area contributed by atoms with Gasteiger partial charge < -0.3 is 10.2 Å². The molecule has 1 fully saturated rings. The average Bonchev–Trinajstić information content (AvgIpc) is 2.36. The zero-order valence-corrected chi connectivity index (χ0v) is 10.9. The Morgan fingerprint density at radius 3 is 2.88 bits per heavy atom. The van der Waals surface area contributed by atoms with E-state index in [4.69, 9.17) is 6.42 Å². The van der Waals surface area contributed by atoms with Crippen LogP contribution in [0.1, 0.15) is 0 Å². The van der Waals surface area contributed by atoms with Crippen molar-refractivity contribution in [2.75, 3.05) is 31.1 Å². The number of nitrogens with zero attached hydrogens (tertiary/aromatic N) is 3. The fraction of sp³-hybridized carbons (Fsp3) is 0.455. The van der Waals surface area contributed by atoms with E-state index in [0.717, 1.165) is 31.9 Å². The minimum Gasteiger partial charge on any atom is -0.367 e. The van der Waals surface area contributed by atoms with Crippen LogP contribution in [0, 0.1) is 12.3 Å². The lowest BCUT2D eigenvalue weighted by molar-refractivity contribution is 0.582. The van der Waals surface area contributed by atoms with E-state index < -0.39 is 0 Å². The summed E-state index contributed by atoms with van der Waals surface area (Å²) in [6.45, 7) is 3.77. The number of terminal acetylenes is 1. The van der Waals surface area contributed by atoms with Crippen LogP contribution in [0.4, 0.5) is 5.69 Å². The van der Waals surface area contributed by atoms with Gasteiger partial charge in [0.15, 0.2) is 0 Å². The molecule has 2 heterocycles. The number of aromatic nitrogens is 2. The second kappa shape index (κ2) is 5.34. The maximum atomic E-state index is 11.9. The first-order valence-electron chi connectivity index (χ1n) is 5.39. The number of halogens is 1. The minimum absolute atomic E-state index is 0.181. The molecule has 1 N–H and O–H groups in total. The summed E-state index contributed by atoms with van der Waals surface area (Å²) in [5.74, 6) is 2.41. The molecule has 1 saturated heterocycles. The third-order valence-electron chi connectivity index (χ3n) is 2.67. The number of piperazine rings is 1. The predicted molar refractivity (Wildman–Crippen MR) is 70.1 cm³/mol. The molecule has 0 spiro atoms. The summed E-state index contributed by atoms with van der Waals surface area (Å²) in [5.41, 5.74) is 0.656. The minimum atomic E-state index is -0.181. The standard InChI is InChI=1S/C11H13BrN4O/c1-2-5-16-11(17)10(12)9(8-14-16)15-6-3-13-4-7-15/h1,8,13H,3-7H2. The van der Waals surface area contributed by atoms with Gasteiger partial charge in [0.2, 0.25) is 0 Å². The van der Waals surface area contributed by atoms with Gasteiger partial charge in [-0.05, 0) is 15.9 Å². The van der Waals surface area contributed by atoms with Crippen molar-refractivity contribution in [3.05, 3.63) is 21.0 Å². The molecule has 0 saturated carbocycles. The zero-order chi connectivity index (χ0) is 12.3. The van der Waals surface area contributed by atoms with Gasteiger partial charge in [-0.25, -0.2) is 4.68 Å². The van der Waals surface area contributed by atoms with Crippen molar-refractivity contribution in [1.82, 2.24) is 15.1 Å². The summed E-state index contributed by atoms with van der Waals surface area (Å²) in [5, 5.41) is 7.34. The van der Waals surface area contributed by atoms with Crippen LogP contribution in [0.5, 0.6) is 0 Å². The van der Waals surface area contributed by atoms with E-state index in [0.29, 0.717) is 4.47 Å². The van der Waals surface area contributed by atoms with Gasteiger partial charge in [0.1, 0.15) is 11.0 Å². The van der Waals surface area contributed by atoms with Crippen LogP contribution < -0.4 is 15.8 Å². The number of hydrogen-bond donors (Lipinski definition) is 1. The largest absolute Gasteiger partial charge is 0.367 e. The molecule has 0 aliphatic carbocycles. The molecule has 0 bridgehead atoms. The van der Waals surface area contributed by atoms with Crippen molar-refractivity contribution >= 4 is 21.6 Å². The zero-order valence-electron chi connectivity index (χ0n) is 9.32. The van der Waals surface area contributed by atoms with E-state index >= 15 is 0 Å². The van der Waals surface area contributed by atoms with Crippen LogP contribution in [0.25, 0.3) is 0 Å². The molecule has 1 aliphatic rings. The van der Waals surface area contributed by atoms with Crippen LogP contribution >= 0.6 is 15.9 Å². The molecule has 6 heteroatoms. The maximum Gasteiger partial charge on any atom is 0.284 e. The Hall–Kier alpha value is -1.32. The normalized spacial score (nSPS) is 15.6. The lowest BCUT2D eigenvalue weighted by Crippen LogP contribution is -2.44. The number of nitrogens with one attached hydrogen (secondary N) is 1. The van der Waals surface area contributed by atoms with Crippen molar-refractivity contribution in [3.63, 3.8) is 0 Å². The van der Waals surface area contributed by atoms with E-state index in [-0.39, 0.29) is 12.1 Å². The smallest absolute Gasteiger partial charge is 0.284 e. The lowest BCUT2D eigenvalue weighted by Gasteiger charge is -2.29. The molecular formula is C11H13BrN4O. The molecule has 90 valence electrons. The maximum absolute atomic E-state index is 11.9. The fourth-order valence-corrected chi connectivity index (χ4v) is 2.34. The summed E-state index contributed by atoms with van der Waals surface area (Å²) in [6, 6.07) is 0. The van der Waals surface area contributed by atoms with Crippen molar-refractivity contribution in [3.8, 4) is 12.3 Å². The molecule has 1 aliphatic heterocycles. The summed E-state index contributed by atoms with van der Waals surface area (Å²) < 4.78 is 1.81. The van der Waals surface area contributed by atoms with Gasteiger partial charge in [-0.15, -0.1) is 6.42 Å². The van der Waals surface area contributed by atoms with E-state index in [9.17, 15) is 4.79 Å². The molecule has 0 amide bonds. The van der Waals surface area contributed by atoms with Crippen LogP contribution in [0.15, 0.2) is 15.5 Å². The van der Waals surface area contributed by atoms with Crippen molar-refractivity contribution in [2.24, 2.45) is 0 Å². The van der Waals surface area contributed by atoms with Crippen molar-refractivity contribution < 1.29 is 0 Å². The predicted octanol–water partition coefficient (Wildman–Crippen LogP) is 0.0486. The van der Waals surface area contributed by atoms with Gasteiger partial charge >= 0.3 is 0 Å². The first-order valence-corrected chi connectivity index (χ1v) is 6.18. The molecule has 0 radical (unpaired) electrons. The van der Waals surface area contributed by atoms with E-state index in [1.165, 1.54) is 4.68 Å². The quantitative estimate of drug-likeness (QED) is 0.784. The molecule has 5 nitrogen and oxygen atoms in total. The van der Waals surface area contributed by atoms with Crippen LogP contribution in [0.3, 0.4) is 0 Å². The van der Waals surface area contributed by atoms with Crippen molar-refractivity contribution in [2.45, 2.75) is 6.54 Å². The van der Waals surface area contributed by atoms with E-state index in [2.05, 4.69) is 37.2 Å². The topological polar surface area (TPSA) is 50.2 Å². The summed E-state index contributed by atoms with van der Waals surface area (Å²) in [7, 11) is 0. The Morgan fingerprint density at radius 2 is 2.24 bits per heavy atom. The highest BCUT2D eigenvalue weighted by molar-refractivity contribution is 9.10. The first-order chi connectivity index (χ1) is 8.24. The SMILES string of the molecule is C#CCn1ncc(N2CCNCC2)c(Br)c1=O. The highest BCUT2D eigenvalue weighted by Crippen LogP contribution is 2.21. The first kappa shape index (κ1) is 12.1. The fourth-order valence-electron chi connectivity index (χ4n) is 1.78. The monoisotopic (exact) mass is 296 g/mol. The Balaban J connectivity index is 2.33. The molecule has 17 heavy (non-hydrogen) atoms. The van der Waals surface area contributed by atoms with Gasteiger partial charge in [-0.3, -0.25) is 4.79 Å². The highest BCUT2D eigenvalue weighted by atomic mass is 79.9. The summed E-state index contributed by atoms with van der Waals surface area (Å²) in [6.07, 6.45) is 6.87. The van der Waals surface area contributed by atoms with Crippen molar-refractivity contribution in [1.29, 1.82) is 0 Å². The van der Waals surface area contributed by atoms with Gasteiger partial charge in [0.25, 0.3) is 5.56 Å². The van der Waals surface area contributed by atoms with Gasteiger partial charge in [0.05, 0.1) is 11.9 Å². The lowest BCUT2D eigenvalue weighted by atomic mass is 10.3. The van der Waals surface area contributed by atoms with E-state index in [1.807, 2.05) is 0 Å². The van der Waals surface area contributed by atoms with Gasteiger partial charge in [0, 0.05) is 26.2 Å². The second-order valence-corrected chi connectivity index (χ2v) is 4.54. The molecular weight excluding hydrogens is 284 g/mol. The second-order valence-electron chi connectivity index (χ2n) is 3.75. The number of rotatable bonds is 2. The number of hydrogen-bond acceptors (Lipinski definition) is 4. The molecule has 0 unspecified atom stereocenters. The molecule has 1 aromatic heterocycles. The molecule has 2 rings (SSSR count). The molecule has 1 aromatic rings. The Labute approximate surface area is 108 Å². The molecule has 0 aromatic carbocycles. The third kappa shape index (κ3) is 2.51. The summed E-state index contributed by atoms with van der Waals surface area (Å²) >= 11 is 3.33. The van der Waals surface area contributed by atoms with Gasteiger partial charge in [-0.1, -0.05) is 5.92 Å². The Bertz CT molecular complexity index is 499. The highest BCUT2D eigenvalue weighted by Gasteiger charge is 2.16. The Kier molecular flexibility index (Phi) is 3.82. The Morgan fingerprint density at radius 1 is 1.53 bits per heavy atom. The van der Waals surface area contributed by atoms with E-state index in [1.54, 1.807) is 6.20 Å². The van der Waals surface area contributed by atoms with Crippen LogP contribution in [-0.2, 0) is 6.54 Å². The molecule has 0 atom stereocenters. The summed E-state index contributed by atoms with van der Waals surface area (Å²) in [4.78, 5) is 14.1. The average molecular weight is 297 g/mol. The van der Waals surface area contributed by atoms with Crippen LogP contribution in [-0.4, -0.2) is 36.0 Å².